The van der Waals surface area contributed by atoms with Crippen LogP contribution < -0.4 is 4.90 Å². The van der Waals surface area contributed by atoms with Gasteiger partial charge in [-0.3, -0.25) is 0 Å². The molecule has 1 aliphatic heterocycles. The third kappa shape index (κ3) is 2.49. The first-order valence-electron chi connectivity index (χ1n) is 5.87. The van der Waals surface area contributed by atoms with Crippen LogP contribution in [-0.4, -0.2) is 33.0 Å². The number of benzene rings is 1. The summed E-state index contributed by atoms with van der Waals surface area (Å²) in [4.78, 5) is 2.01. The second-order valence-corrected chi connectivity index (χ2v) is 7.01. The smallest absolute Gasteiger partial charge is 0.152 e. The zero-order chi connectivity index (χ0) is 13.3. The van der Waals surface area contributed by atoms with Crippen LogP contribution in [0.25, 0.3) is 0 Å². The monoisotopic (exact) mass is 264 g/mol. The minimum atomic E-state index is -2.87. The van der Waals surface area contributed by atoms with Gasteiger partial charge in [0.2, 0.25) is 0 Å². The summed E-state index contributed by atoms with van der Waals surface area (Å²) in [5.41, 5.74) is 2.63. The highest BCUT2D eigenvalue weighted by Crippen LogP contribution is 2.26. The molecule has 1 aromatic rings. The SMILES string of the molecule is Cc1cc(C#N)ccc1N(C)C1CCS(=O)(=O)C1. The van der Waals surface area contributed by atoms with Gasteiger partial charge in [-0.2, -0.15) is 5.26 Å². The quantitative estimate of drug-likeness (QED) is 0.812. The van der Waals surface area contributed by atoms with Crippen LogP contribution in [0.15, 0.2) is 18.2 Å². The van der Waals surface area contributed by atoms with E-state index in [-0.39, 0.29) is 17.5 Å². The lowest BCUT2D eigenvalue weighted by Crippen LogP contribution is -2.33. The fourth-order valence-corrected chi connectivity index (χ4v) is 4.17. The Bertz CT molecular complexity index is 602. The maximum absolute atomic E-state index is 11.5. The highest BCUT2D eigenvalue weighted by Gasteiger charge is 2.31. The van der Waals surface area contributed by atoms with Crippen LogP contribution in [-0.2, 0) is 9.84 Å². The van der Waals surface area contributed by atoms with Crippen molar-refractivity contribution in [1.29, 1.82) is 5.26 Å². The number of hydrogen-bond donors (Lipinski definition) is 0. The predicted octanol–water partition coefficient (Wildman–Crippen LogP) is 1.49. The van der Waals surface area contributed by atoms with Gasteiger partial charge in [0.05, 0.1) is 23.1 Å². The van der Waals surface area contributed by atoms with Crippen molar-refractivity contribution >= 4 is 15.5 Å². The molecular formula is C13H16N2O2S. The molecule has 1 fully saturated rings. The lowest BCUT2D eigenvalue weighted by atomic mass is 10.1. The van der Waals surface area contributed by atoms with E-state index in [1.54, 1.807) is 6.07 Å². The van der Waals surface area contributed by atoms with Crippen molar-refractivity contribution in [3.8, 4) is 6.07 Å². The van der Waals surface area contributed by atoms with E-state index < -0.39 is 9.84 Å². The summed E-state index contributed by atoms with van der Waals surface area (Å²) in [6, 6.07) is 7.63. The Balaban J connectivity index is 2.25. The Hall–Kier alpha value is -1.54. The highest BCUT2D eigenvalue weighted by atomic mass is 32.2. The van der Waals surface area contributed by atoms with Crippen LogP contribution in [0.1, 0.15) is 17.5 Å². The van der Waals surface area contributed by atoms with Crippen molar-refractivity contribution in [3.05, 3.63) is 29.3 Å². The maximum Gasteiger partial charge on any atom is 0.152 e. The summed E-state index contributed by atoms with van der Waals surface area (Å²) in [5, 5.41) is 8.83. The first kappa shape index (κ1) is 12.9. The van der Waals surface area contributed by atoms with Gasteiger partial charge in [0.15, 0.2) is 9.84 Å². The normalized spacial score (nSPS) is 21.5. The average Bonchev–Trinajstić information content (AvgIpc) is 2.68. The summed E-state index contributed by atoms with van der Waals surface area (Å²) < 4.78 is 23.0. The van der Waals surface area contributed by atoms with Crippen molar-refractivity contribution in [1.82, 2.24) is 0 Å². The maximum atomic E-state index is 11.5. The summed E-state index contributed by atoms with van der Waals surface area (Å²) >= 11 is 0. The number of hydrogen-bond acceptors (Lipinski definition) is 4. The zero-order valence-electron chi connectivity index (χ0n) is 10.5. The molecule has 1 saturated heterocycles. The van der Waals surface area contributed by atoms with Gasteiger partial charge in [-0.25, -0.2) is 8.42 Å². The van der Waals surface area contributed by atoms with Gasteiger partial charge >= 0.3 is 0 Å². The molecule has 18 heavy (non-hydrogen) atoms. The van der Waals surface area contributed by atoms with Crippen molar-refractivity contribution < 1.29 is 8.42 Å². The van der Waals surface area contributed by atoms with Crippen molar-refractivity contribution in [2.45, 2.75) is 19.4 Å². The molecule has 0 radical (unpaired) electrons. The first-order chi connectivity index (χ1) is 8.43. The molecule has 4 nitrogen and oxygen atoms in total. The molecule has 0 amide bonds. The molecule has 5 heteroatoms. The molecule has 1 atom stereocenters. The number of nitriles is 1. The van der Waals surface area contributed by atoms with E-state index >= 15 is 0 Å². The lowest BCUT2D eigenvalue weighted by Gasteiger charge is -2.27. The van der Waals surface area contributed by atoms with Crippen molar-refractivity contribution in [2.24, 2.45) is 0 Å². The van der Waals surface area contributed by atoms with Gasteiger partial charge in [0, 0.05) is 18.8 Å². The zero-order valence-corrected chi connectivity index (χ0v) is 11.4. The number of nitrogens with zero attached hydrogens (tertiary/aromatic N) is 2. The number of rotatable bonds is 2. The molecule has 2 rings (SSSR count). The fraction of sp³-hybridized carbons (Fsp3) is 0.462. The number of sulfone groups is 1. The van der Waals surface area contributed by atoms with Gasteiger partial charge in [-0.1, -0.05) is 0 Å². The highest BCUT2D eigenvalue weighted by molar-refractivity contribution is 7.91. The van der Waals surface area contributed by atoms with E-state index in [0.29, 0.717) is 12.0 Å². The van der Waals surface area contributed by atoms with Gasteiger partial charge in [-0.15, -0.1) is 0 Å². The van der Waals surface area contributed by atoms with Crippen molar-refractivity contribution in [2.75, 3.05) is 23.5 Å². The summed E-state index contributed by atoms with van der Waals surface area (Å²) in [7, 11) is -0.952. The van der Waals surface area contributed by atoms with E-state index in [2.05, 4.69) is 6.07 Å². The number of anilines is 1. The Labute approximate surface area is 108 Å². The Kier molecular flexibility index (Phi) is 3.31. The molecule has 1 aliphatic rings. The standard InChI is InChI=1S/C13H16N2O2S/c1-10-7-11(8-14)3-4-13(10)15(2)12-5-6-18(16,17)9-12/h3-4,7,12H,5-6,9H2,1-2H3. The van der Waals surface area contributed by atoms with E-state index in [1.165, 1.54) is 0 Å². The second kappa shape index (κ2) is 4.62. The van der Waals surface area contributed by atoms with Crippen LogP contribution in [0.3, 0.4) is 0 Å². The Morgan fingerprint density at radius 1 is 1.44 bits per heavy atom. The lowest BCUT2D eigenvalue weighted by molar-refractivity contribution is 0.601. The molecule has 0 aliphatic carbocycles. The van der Waals surface area contributed by atoms with E-state index in [4.69, 9.17) is 5.26 Å². The molecule has 0 spiro atoms. The molecule has 96 valence electrons. The molecule has 0 N–H and O–H groups in total. The molecule has 1 unspecified atom stereocenters. The first-order valence-corrected chi connectivity index (χ1v) is 7.69. The molecule has 0 aromatic heterocycles. The Morgan fingerprint density at radius 2 is 2.17 bits per heavy atom. The topological polar surface area (TPSA) is 61.2 Å². The van der Waals surface area contributed by atoms with E-state index in [1.807, 2.05) is 31.0 Å². The molecule has 1 heterocycles. The minimum absolute atomic E-state index is 0.0432. The predicted molar refractivity (Wildman–Crippen MR) is 71.4 cm³/mol. The Morgan fingerprint density at radius 3 is 2.67 bits per heavy atom. The average molecular weight is 264 g/mol. The van der Waals surface area contributed by atoms with Crippen molar-refractivity contribution in [3.63, 3.8) is 0 Å². The molecule has 0 bridgehead atoms. The largest absolute Gasteiger partial charge is 0.370 e. The molecule has 0 saturated carbocycles. The summed E-state index contributed by atoms with van der Waals surface area (Å²) in [6.45, 7) is 1.94. The van der Waals surface area contributed by atoms with Crippen LogP contribution in [0.4, 0.5) is 5.69 Å². The van der Waals surface area contributed by atoms with Gasteiger partial charge in [0.1, 0.15) is 0 Å². The second-order valence-electron chi connectivity index (χ2n) is 4.78. The van der Waals surface area contributed by atoms with Crippen LogP contribution in [0.5, 0.6) is 0 Å². The van der Waals surface area contributed by atoms with Gasteiger partial charge < -0.3 is 4.90 Å². The summed E-state index contributed by atoms with van der Waals surface area (Å²) in [6.07, 6.45) is 0.679. The van der Waals surface area contributed by atoms with Crippen LogP contribution in [0, 0.1) is 18.3 Å². The molecule has 1 aromatic carbocycles. The fourth-order valence-electron chi connectivity index (χ4n) is 2.40. The third-order valence-electron chi connectivity index (χ3n) is 3.46. The van der Waals surface area contributed by atoms with E-state index in [0.717, 1.165) is 11.3 Å². The molecular weight excluding hydrogens is 248 g/mol. The van der Waals surface area contributed by atoms with Gasteiger partial charge in [-0.05, 0) is 37.1 Å². The van der Waals surface area contributed by atoms with Gasteiger partial charge in [0.25, 0.3) is 0 Å². The van der Waals surface area contributed by atoms with Crippen LogP contribution in [0.2, 0.25) is 0 Å². The summed E-state index contributed by atoms with van der Waals surface area (Å²) in [5.74, 6) is 0.500. The minimum Gasteiger partial charge on any atom is -0.370 e. The van der Waals surface area contributed by atoms with Crippen LogP contribution >= 0.6 is 0 Å². The number of aryl methyl sites for hydroxylation is 1. The van der Waals surface area contributed by atoms with E-state index in [9.17, 15) is 8.42 Å². The third-order valence-corrected chi connectivity index (χ3v) is 5.21.